The van der Waals surface area contributed by atoms with Crippen LogP contribution in [0.15, 0.2) is 5.16 Å². The average Bonchev–Trinajstić information content (AvgIpc) is 2.65. The highest BCUT2D eigenvalue weighted by Gasteiger charge is 2.27. The van der Waals surface area contributed by atoms with Crippen molar-refractivity contribution in [2.24, 2.45) is 0 Å². The molecule has 90 valence electrons. The van der Waals surface area contributed by atoms with Gasteiger partial charge in [-0.05, 0) is 19.8 Å². The summed E-state index contributed by atoms with van der Waals surface area (Å²) < 4.78 is 2.09. The molecule has 1 aromatic rings. The van der Waals surface area contributed by atoms with Crippen molar-refractivity contribution >= 4 is 11.8 Å². The maximum Gasteiger partial charge on any atom is 0.210 e. The fourth-order valence-electron chi connectivity index (χ4n) is 1.97. The van der Waals surface area contributed by atoms with E-state index in [1.165, 1.54) is 0 Å². The Balaban J connectivity index is 2.30. The van der Waals surface area contributed by atoms with Gasteiger partial charge in [0, 0.05) is 11.2 Å². The first-order chi connectivity index (χ1) is 7.67. The molecule has 0 aromatic carbocycles. The van der Waals surface area contributed by atoms with Crippen LogP contribution in [0.3, 0.4) is 0 Å². The van der Waals surface area contributed by atoms with Crippen molar-refractivity contribution in [3.8, 4) is 0 Å². The lowest BCUT2D eigenvalue weighted by atomic mass is 10.0. The van der Waals surface area contributed by atoms with Gasteiger partial charge in [0.25, 0.3) is 0 Å². The predicted octanol–water partition coefficient (Wildman–Crippen LogP) is 2.61. The molecule has 2 rings (SSSR count). The summed E-state index contributed by atoms with van der Waals surface area (Å²) in [4.78, 5) is 0. The van der Waals surface area contributed by atoms with Gasteiger partial charge in [0.15, 0.2) is 5.82 Å². The fourth-order valence-corrected chi connectivity index (χ4v) is 2.91. The van der Waals surface area contributed by atoms with Crippen molar-refractivity contribution in [3.63, 3.8) is 0 Å². The first-order valence-corrected chi connectivity index (χ1v) is 6.93. The van der Waals surface area contributed by atoms with Gasteiger partial charge in [-0.2, -0.15) is 0 Å². The number of nitrogens with zero attached hydrogens (tertiary/aromatic N) is 3. The van der Waals surface area contributed by atoms with Crippen LogP contribution in [0, 0.1) is 0 Å². The zero-order chi connectivity index (χ0) is 11.7. The van der Waals surface area contributed by atoms with Gasteiger partial charge in [0.05, 0.1) is 6.04 Å². The second-order valence-corrected chi connectivity index (χ2v) is 5.77. The van der Waals surface area contributed by atoms with Gasteiger partial charge in [0.1, 0.15) is 0 Å². The first kappa shape index (κ1) is 11.8. The van der Waals surface area contributed by atoms with Crippen LogP contribution < -0.4 is 5.43 Å². The molecular formula is C11H20N4S. The van der Waals surface area contributed by atoms with Gasteiger partial charge in [0.2, 0.25) is 5.16 Å². The minimum atomic E-state index is 0.460. The highest BCUT2D eigenvalue weighted by atomic mass is 32.2. The number of hydrogen-bond donors (Lipinski definition) is 1. The number of aromatic nitrogens is 3. The Kier molecular flexibility index (Phi) is 3.42. The van der Waals surface area contributed by atoms with E-state index in [1.807, 2.05) is 0 Å². The second-order valence-electron chi connectivity index (χ2n) is 4.43. The highest BCUT2D eigenvalue weighted by molar-refractivity contribution is 7.99. The van der Waals surface area contributed by atoms with Crippen molar-refractivity contribution in [1.82, 2.24) is 14.9 Å². The maximum absolute atomic E-state index is 4.34. The molecule has 1 aliphatic rings. The molecule has 2 atom stereocenters. The molecule has 16 heavy (non-hydrogen) atoms. The molecule has 1 aromatic heterocycles. The number of nitrogens with one attached hydrogen (secondary N) is 1. The van der Waals surface area contributed by atoms with Crippen LogP contribution in [0.4, 0.5) is 0 Å². The number of hydrogen-bond acceptors (Lipinski definition) is 4. The Morgan fingerprint density at radius 3 is 2.62 bits per heavy atom. The molecule has 0 amide bonds. The van der Waals surface area contributed by atoms with Crippen LogP contribution in [-0.4, -0.2) is 26.2 Å². The van der Waals surface area contributed by atoms with E-state index in [-0.39, 0.29) is 0 Å². The molecule has 0 bridgehead atoms. The Bertz CT molecular complexity index is 359. The zero-order valence-electron chi connectivity index (χ0n) is 10.4. The molecule has 5 heteroatoms. The van der Waals surface area contributed by atoms with Gasteiger partial charge < -0.3 is 5.43 Å². The first-order valence-electron chi connectivity index (χ1n) is 6.05. The van der Waals surface area contributed by atoms with Crippen molar-refractivity contribution in [2.45, 2.75) is 62.9 Å². The molecule has 0 aliphatic carbocycles. The predicted molar refractivity (Wildman–Crippen MR) is 67.5 cm³/mol. The molecule has 2 heterocycles. The summed E-state index contributed by atoms with van der Waals surface area (Å²) in [5.41, 5.74) is 3.48. The molecular weight excluding hydrogens is 220 g/mol. The molecule has 0 fully saturated rings. The average molecular weight is 240 g/mol. The van der Waals surface area contributed by atoms with Crippen molar-refractivity contribution in [2.75, 3.05) is 5.43 Å². The topological polar surface area (TPSA) is 42.7 Å². The fraction of sp³-hybridized carbons (Fsp3) is 0.818. The summed E-state index contributed by atoms with van der Waals surface area (Å²) in [5.74, 6) is 1.60. The third-order valence-electron chi connectivity index (χ3n) is 3.34. The van der Waals surface area contributed by atoms with E-state index in [4.69, 9.17) is 0 Å². The zero-order valence-corrected chi connectivity index (χ0v) is 11.2. The van der Waals surface area contributed by atoms with Gasteiger partial charge in [-0.25, -0.2) is 4.68 Å². The van der Waals surface area contributed by atoms with E-state index in [0.717, 1.165) is 23.8 Å². The molecule has 1 N–H and O–H groups in total. The molecule has 0 radical (unpaired) electrons. The third kappa shape index (κ3) is 1.93. The van der Waals surface area contributed by atoms with Gasteiger partial charge in [-0.1, -0.05) is 32.5 Å². The molecule has 0 spiro atoms. The van der Waals surface area contributed by atoms with E-state index < -0.39 is 0 Å². The number of rotatable bonds is 3. The third-order valence-corrected chi connectivity index (χ3v) is 4.59. The second kappa shape index (κ2) is 4.65. The largest absolute Gasteiger partial charge is 0.318 e. The minimum Gasteiger partial charge on any atom is -0.318 e. The van der Waals surface area contributed by atoms with Crippen LogP contribution in [-0.2, 0) is 0 Å². The lowest BCUT2D eigenvalue weighted by Gasteiger charge is -2.29. The Morgan fingerprint density at radius 1 is 1.31 bits per heavy atom. The van der Waals surface area contributed by atoms with Gasteiger partial charge in [-0.15, -0.1) is 10.2 Å². The summed E-state index contributed by atoms with van der Waals surface area (Å²) in [6.45, 7) is 8.84. The van der Waals surface area contributed by atoms with Crippen molar-refractivity contribution in [1.29, 1.82) is 0 Å². The summed E-state index contributed by atoms with van der Waals surface area (Å²) >= 11 is 1.81. The van der Waals surface area contributed by atoms with E-state index in [0.29, 0.717) is 17.2 Å². The molecule has 0 saturated heterocycles. The number of fused-ring (bicyclic) bond motifs is 1. The monoisotopic (exact) mass is 240 g/mol. The van der Waals surface area contributed by atoms with Gasteiger partial charge in [-0.3, -0.25) is 0 Å². The lowest BCUT2D eigenvalue weighted by Crippen LogP contribution is -2.38. The minimum absolute atomic E-state index is 0.460. The SMILES string of the molecule is CCC(CC)c1nnc2n1NC(C)C(C)S2. The number of thioether (sulfide) groups is 1. The smallest absolute Gasteiger partial charge is 0.210 e. The Labute approximate surface area is 101 Å². The quantitative estimate of drug-likeness (QED) is 0.882. The Morgan fingerprint density at radius 2 is 2.00 bits per heavy atom. The van der Waals surface area contributed by atoms with Crippen LogP contribution >= 0.6 is 11.8 Å². The van der Waals surface area contributed by atoms with E-state index in [2.05, 4.69) is 48.0 Å². The standard InChI is InChI=1S/C11H20N4S/c1-5-9(6-2)10-12-13-11-15(10)14-7(3)8(4)16-11/h7-9,14H,5-6H2,1-4H3. The van der Waals surface area contributed by atoms with E-state index in [9.17, 15) is 0 Å². The van der Waals surface area contributed by atoms with Crippen LogP contribution in [0.5, 0.6) is 0 Å². The summed E-state index contributed by atoms with van der Waals surface area (Å²) in [6, 6.07) is 0.460. The van der Waals surface area contributed by atoms with E-state index >= 15 is 0 Å². The summed E-state index contributed by atoms with van der Waals surface area (Å²) in [7, 11) is 0. The van der Waals surface area contributed by atoms with Crippen molar-refractivity contribution < 1.29 is 0 Å². The van der Waals surface area contributed by atoms with Gasteiger partial charge >= 0.3 is 0 Å². The summed E-state index contributed by atoms with van der Waals surface area (Å²) in [5, 5.41) is 10.2. The van der Waals surface area contributed by atoms with Crippen molar-refractivity contribution in [3.05, 3.63) is 5.82 Å². The summed E-state index contributed by atoms with van der Waals surface area (Å²) in [6.07, 6.45) is 2.23. The normalized spacial score (nSPS) is 24.3. The van der Waals surface area contributed by atoms with Crippen LogP contribution in [0.1, 0.15) is 52.3 Å². The van der Waals surface area contributed by atoms with Crippen LogP contribution in [0.25, 0.3) is 0 Å². The molecule has 1 aliphatic heterocycles. The maximum atomic E-state index is 4.34. The molecule has 4 nitrogen and oxygen atoms in total. The molecule has 0 saturated carbocycles. The Hall–Kier alpha value is -0.710. The van der Waals surface area contributed by atoms with Crippen LogP contribution in [0.2, 0.25) is 0 Å². The molecule has 2 unspecified atom stereocenters. The highest BCUT2D eigenvalue weighted by Crippen LogP contribution is 2.31. The van der Waals surface area contributed by atoms with E-state index in [1.54, 1.807) is 11.8 Å². The lowest BCUT2D eigenvalue weighted by molar-refractivity contribution is 0.536.